The highest BCUT2D eigenvalue weighted by atomic mass is 16.4. The fraction of sp³-hybridized carbons (Fsp3) is 0.667. The number of amides is 3. The van der Waals surface area contributed by atoms with E-state index in [1.54, 1.807) is 6.92 Å². The van der Waals surface area contributed by atoms with E-state index in [4.69, 9.17) is 5.11 Å². The van der Waals surface area contributed by atoms with Crippen LogP contribution >= 0.6 is 0 Å². The number of hydrogen-bond donors (Lipinski definition) is 2. The Morgan fingerprint density at radius 1 is 1.53 bits per heavy atom. The van der Waals surface area contributed by atoms with Crippen LogP contribution in [0.3, 0.4) is 0 Å². The summed E-state index contributed by atoms with van der Waals surface area (Å²) in [6, 6.07) is -0.627. The normalized spacial score (nSPS) is 25.6. The lowest BCUT2D eigenvalue weighted by molar-refractivity contribution is -0.142. The zero-order chi connectivity index (χ0) is 11.6. The topological polar surface area (TPSA) is 86.7 Å². The molecule has 6 nitrogen and oxygen atoms in total. The number of carbonyl (C=O) groups is 3. The first-order valence-corrected chi connectivity index (χ1v) is 4.76. The van der Waals surface area contributed by atoms with E-state index in [0.717, 1.165) is 11.3 Å². The third-order valence-corrected chi connectivity index (χ3v) is 2.39. The van der Waals surface area contributed by atoms with Crippen LogP contribution in [0.2, 0.25) is 0 Å². The van der Waals surface area contributed by atoms with Crippen molar-refractivity contribution < 1.29 is 19.5 Å². The van der Waals surface area contributed by atoms with Gasteiger partial charge in [-0.05, 0) is 13.3 Å². The molecule has 0 aliphatic carbocycles. The van der Waals surface area contributed by atoms with Gasteiger partial charge in [0.15, 0.2) is 0 Å². The molecule has 15 heavy (non-hydrogen) atoms. The summed E-state index contributed by atoms with van der Waals surface area (Å²) < 4.78 is 0. The molecule has 0 saturated carbocycles. The zero-order valence-corrected chi connectivity index (χ0v) is 8.74. The molecule has 3 amide bonds. The van der Waals surface area contributed by atoms with Gasteiger partial charge in [0.25, 0.3) is 5.91 Å². The molecular weight excluding hydrogens is 200 g/mol. The van der Waals surface area contributed by atoms with E-state index in [0.29, 0.717) is 6.42 Å². The molecule has 1 fully saturated rings. The second-order valence-corrected chi connectivity index (χ2v) is 3.80. The van der Waals surface area contributed by atoms with Crippen LogP contribution in [0.4, 0.5) is 4.79 Å². The van der Waals surface area contributed by atoms with Gasteiger partial charge in [0.05, 0.1) is 0 Å². The summed E-state index contributed by atoms with van der Waals surface area (Å²) in [6.45, 7) is 2.92. The summed E-state index contributed by atoms with van der Waals surface area (Å²) in [6.07, 6.45) is 1.25. The molecule has 1 aliphatic heterocycles. The first-order valence-electron chi connectivity index (χ1n) is 4.76. The van der Waals surface area contributed by atoms with Crippen molar-refractivity contribution in [2.75, 3.05) is 6.54 Å². The molecule has 1 unspecified atom stereocenters. The van der Waals surface area contributed by atoms with Gasteiger partial charge in [0.2, 0.25) is 0 Å². The molecular formula is C9H14N2O4. The molecule has 0 bridgehead atoms. The molecule has 1 aliphatic rings. The number of hydrogen-bond acceptors (Lipinski definition) is 3. The maximum Gasteiger partial charge on any atom is 0.325 e. The minimum Gasteiger partial charge on any atom is -0.480 e. The van der Waals surface area contributed by atoms with Gasteiger partial charge in [-0.3, -0.25) is 14.5 Å². The van der Waals surface area contributed by atoms with Gasteiger partial charge < -0.3 is 10.4 Å². The predicted octanol–water partition coefficient (Wildman–Crippen LogP) is 0.182. The number of urea groups is 1. The quantitative estimate of drug-likeness (QED) is 0.653. The van der Waals surface area contributed by atoms with Gasteiger partial charge in [0, 0.05) is 0 Å². The van der Waals surface area contributed by atoms with Gasteiger partial charge in [-0.1, -0.05) is 13.3 Å². The highest BCUT2D eigenvalue weighted by Crippen LogP contribution is 2.22. The van der Waals surface area contributed by atoms with Gasteiger partial charge in [-0.15, -0.1) is 0 Å². The largest absolute Gasteiger partial charge is 0.480 e. The fourth-order valence-electron chi connectivity index (χ4n) is 1.70. The Kier molecular flexibility index (Phi) is 2.97. The van der Waals surface area contributed by atoms with Gasteiger partial charge in [-0.2, -0.15) is 0 Å². The SMILES string of the molecule is CCCC1(C)NC(=O)N(CC(=O)O)C1=O. The molecule has 1 atom stereocenters. The van der Waals surface area contributed by atoms with Crippen LogP contribution in [-0.2, 0) is 9.59 Å². The Morgan fingerprint density at radius 3 is 2.60 bits per heavy atom. The van der Waals surface area contributed by atoms with Crippen molar-refractivity contribution in [1.82, 2.24) is 10.2 Å². The van der Waals surface area contributed by atoms with Crippen LogP contribution in [0.1, 0.15) is 26.7 Å². The van der Waals surface area contributed by atoms with Crippen LogP contribution in [0.25, 0.3) is 0 Å². The maximum atomic E-state index is 11.7. The van der Waals surface area contributed by atoms with Crippen molar-refractivity contribution >= 4 is 17.9 Å². The number of rotatable bonds is 4. The summed E-state index contributed by atoms with van der Waals surface area (Å²) in [7, 11) is 0. The summed E-state index contributed by atoms with van der Waals surface area (Å²) in [5.41, 5.74) is -0.943. The Hall–Kier alpha value is -1.59. The number of imide groups is 1. The summed E-state index contributed by atoms with van der Waals surface area (Å²) >= 11 is 0. The second-order valence-electron chi connectivity index (χ2n) is 3.80. The van der Waals surface area contributed by atoms with Crippen LogP contribution in [0.5, 0.6) is 0 Å². The average molecular weight is 214 g/mol. The Balaban J connectivity index is 2.83. The lowest BCUT2D eigenvalue weighted by Crippen LogP contribution is -2.44. The van der Waals surface area contributed by atoms with Gasteiger partial charge in [0.1, 0.15) is 12.1 Å². The maximum absolute atomic E-state index is 11.7. The molecule has 84 valence electrons. The zero-order valence-electron chi connectivity index (χ0n) is 8.74. The van der Waals surface area contributed by atoms with E-state index in [1.807, 2.05) is 6.92 Å². The van der Waals surface area contributed by atoms with Gasteiger partial charge >= 0.3 is 12.0 Å². The average Bonchev–Trinajstić information content (AvgIpc) is 2.30. The predicted molar refractivity (Wildman–Crippen MR) is 51.2 cm³/mol. The first-order chi connectivity index (χ1) is 6.90. The number of aliphatic carboxylic acids is 1. The standard InChI is InChI=1S/C9H14N2O4/c1-3-4-9(2)7(14)11(5-6(12)13)8(15)10-9/h3-5H2,1-2H3,(H,10,15)(H,12,13). The molecule has 0 radical (unpaired) electrons. The van der Waals surface area contributed by atoms with Crippen molar-refractivity contribution in [1.29, 1.82) is 0 Å². The third kappa shape index (κ3) is 2.08. The summed E-state index contributed by atoms with van der Waals surface area (Å²) in [5.74, 6) is -1.66. The van der Waals surface area contributed by atoms with E-state index in [9.17, 15) is 14.4 Å². The van der Waals surface area contributed by atoms with Crippen molar-refractivity contribution in [3.8, 4) is 0 Å². The highest BCUT2D eigenvalue weighted by molar-refractivity contribution is 6.08. The van der Waals surface area contributed by atoms with Crippen molar-refractivity contribution in [2.24, 2.45) is 0 Å². The van der Waals surface area contributed by atoms with E-state index >= 15 is 0 Å². The monoisotopic (exact) mass is 214 g/mol. The van der Waals surface area contributed by atoms with Crippen molar-refractivity contribution in [2.45, 2.75) is 32.2 Å². The van der Waals surface area contributed by atoms with Crippen LogP contribution < -0.4 is 5.32 Å². The molecule has 1 rings (SSSR count). The van der Waals surface area contributed by atoms with E-state index in [2.05, 4.69) is 5.32 Å². The van der Waals surface area contributed by atoms with E-state index < -0.39 is 30.0 Å². The second kappa shape index (κ2) is 3.88. The minimum absolute atomic E-state index is 0.461. The number of carboxylic acid groups (broad SMARTS) is 1. The molecule has 6 heteroatoms. The smallest absolute Gasteiger partial charge is 0.325 e. The molecule has 0 aromatic heterocycles. The molecule has 1 heterocycles. The minimum atomic E-state index is -1.20. The Bertz CT molecular complexity index is 315. The van der Waals surface area contributed by atoms with Crippen molar-refractivity contribution in [3.63, 3.8) is 0 Å². The number of carbonyl (C=O) groups excluding carboxylic acids is 2. The molecule has 0 aromatic carbocycles. The molecule has 0 aromatic rings. The van der Waals surface area contributed by atoms with Crippen LogP contribution in [0.15, 0.2) is 0 Å². The fourth-order valence-corrected chi connectivity index (χ4v) is 1.70. The molecule has 2 N–H and O–H groups in total. The van der Waals surface area contributed by atoms with Crippen LogP contribution in [-0.4, -0.2) is 40.0 Å². The van der Waals surface area contributed by atoms with E-state index in [1.165, 1.54) is 0 Å². The number of nitrogens with zero attached hydrogens (tertiary/aromatic N) is 1. The van der Waals surface area contributed by atoms with Crippen molar-refractivity contribution in [3.05, 3.63) is 0 Å². The Morgan fingerprint density at radius 2 is 2.13 bits per heavy atom. The lowest BCUT2D eigenvalue weighted by atomic mass is 9.96. The number of nitrogens with one attached hydrogen (secondary N) is 1. The lowest BCUT2D eigenvalue weighted by Gasteiger charge is -2.20. The highest BCUT2D eigenvalue weighted by Gasteiger charge is 2.47. The molecule has 0 spiro atoms. The Labute approximate surface area is 87.2 Å². The summed E-state index contributed by atoms with van der Waals surface area (Å²) in [5, 5.41) is 11.0. The molecule has 1 saturated heterocycles. The van der Waals surface area contributed by atoms with Crippen LogP contribution in [0, 0.1) is 0 Å². The van der Waals surface area contributed by atoms with E-state index in [-0.39, 0.29) is 0 Å². The first kappa shape index (κ1) is 11.5. The van der Waals surface area contributed by atoms with Gasteiger partial charge in [-0.25, -0.2) is 4.79 Å². The summed E-state index contributed by atoms with van der Waals surface area (Å²) in [4.78, 5) is 34.3. The number of carboxylic acids is 1. The third-order valence-electron chi connectivity index (χ3n) is 2.39.